The van der Waals surface area contributed by atoms with Gasteiger partial charge in [-0.15, -0.1) is 0 Å². The summed E-state index contributed by atoms with van der Waals surface area (Å²) in [5.74, 6) is 0.484. The molecule has 0 saturated carbocycles. The monoisotopic (exact) mass is 242 g/mol. The SMILES string of the molecule is CCc1nc(Cl)c2n1CCCC2C(=O)OC. The van der Waals surface area contributed by atoms with Crippen LogP contribution in [0.2, 0.25) is 5.15 Å². The highest BCUT2D eigenvalue weighted by molar-refractivity contribution is 6.30. The Balaban J connectivity index is 2.45. The number of aromatic nitrogens is 2. The number of aryl methyl sites for hydroxylation is 1. The lowest BCUT2D eigenvalue weighted by atomic mass is 9.96. The highest BCUT2D eigenvalue weighted by Crippen LogP contribution is 2.34. The molecule has 1 unspecified atom stereocenters. The third-order valence-corrected chi connectivity index (χ3v) is 3.33. The van der Waals surface area contributed by atoms with Crippen LogP contribution in [0.4, 0.5) is 0 Å². The van der Waals surface area contributed by atoms with Crippen molar-refractivity contribution in [3.8, 4) is 0 Å². The second-order valence-electron chi connectivity index (χ2n) is 3.93. The van der Waals surface area contributed by atoms with Crippen LogP contribution in [0.5, 0.6) is 0 Å². The van der Waals surface area contributed by atoms with Gasteiger partial charge in [-0.25, -0.2) is 4.98 Å². The summed E-state index contributed by atoms with van der Waals surface area (Å²) >= 11 is 6.10. The smallest absolute Gasteiger partial charge is 0.314 e. The first-order valence-corrected chi connectivity index (χ1v) is 5.89. The summed E-state index contributed by atoms with van der Waals surface area (Å²) in [7, 11) is 1.41. The zero-order valence-electron chi connectivity index (χ0n) is 9.49. The van der Waals surface area contributed by atoms with Crippen molar-refractivity contribution in [1.82, 2.24) is 9.55 Å². The maximum absolute atomic E-state index is 11.7. The molecule has 0 saturated heterocycles. The third kappa shape index (κ3) is 1.71. The highest BCUT2D eigenvalue weighted by Gasteiger charge is 2.32. The van der Waals surface area contributed by atoms with Crippen molar-refractivity contribution in [1.29, 1.82) is 0 Å². The number of hydrogen-bond acceptors (Lipinski definition) is 3. The van der Waals surface area contributed by atoms with E-state index in [-0.39, 0.29) is 11.9 Å². The number of imidazole rings is 1. The van der Waals surface area contributed by atoms with Gasteiger partial charge < -0.3 is 9.30 Å². The first-order valence-electron chi connectivity index (χ1n) is 5.51. The second kappa shape index (κ2) is 4.45. The summed E-state index contributed by atoms with van der Waals surface area (Å²) < 4.78 is 6.87. The average molecular weight is 243 g/mol. The van der Waals surface area contributed by atoms with Crippen molar-refractivity contribution in [3.63, 3.8) is 0 Å². The van der Waals surface area contributed by atoms with Crippen LogP contribution in [0.25, 0.3) is 0 Å². The lowest BCUT2D eigenvalue weighted by Gasteiger charge is -2.23. The number of carbonyl (C=O) groups excluding carboxylic acids is 1. The fourth-order valence-corrected chi connectivity index (χ4v) is 2.63. The van der Waals surface area contributed by atoms with Crippen LogP contribution in [0.3, 0.4) is 0 Å². The van der Waals surface area contributed by atoms with Crippen molar-refractivity contribution in [2.24, 2.45) is 0 Å². The van der Waals surface area contributed by atoms with Crippen LogP contribution in [-0.2, 0) is 22.5 Å². The van der Waals surface area contributed by atoms with Gasteiger partial charge in [0.1, 0.15) is 11.7 Å². The molecule has 2 heterocycles. The fraction of sp³-hybridized carbons (Fsp3) is 0.636. The molecule has 5 heteroatoms. The van der Waals surface area contributed by atoms with Gasteiger partial charge >= 0.3 is 5.97 Å². The Morgan fingerprint density at radius 1 is 1.69 bits per heavy atom. The molecule has 1 aromatic rings. The Kier molecular flexibility index (Phi) is 3.19. The van der Waals surface area contributed by atoms with Crippen LogP contribution >= 0.6 is 11.6 Å². The summed E-state index contributed by atoms with van der Waals surface area (Å²) in [5.41, 5.74) is 0.830. The second-order valence-corrected chi connectivity index (χ2v) is 4.29. The predicted molar refractivity (Wildman–Crippen MR) is 60.6 cm³/mol. The summed E-state index contributed by atoms with van der Waals surface area (Å²) in [6.45, 7) is 2.93. The molecule has 1 aromatic heterocycles. The van der Waals surface area contributed by atoms with Crippen molar-refractivity contribution in [3.05, 3.63) is 16.7 Å². The topological polar surface area (TPSA) is 44.1 Å². The van der Waals surface area contributed by atoms with E-state index < -0.39 is 0 Å². The van der Waals surface area contributed by atoms with Crippen LogP contribution in [0.1, 0.15) is 37.2 Å². The minimum Gasteiger partial charge on any atom is -0.469 e. The third-order valence-electron chi connectivity index (χ3n) is 3.05. The lowest BCUT2D eigenvalue weighted by Crippen LogP contribution is -2.24. The van der Waals surface area contributed by atoms with Gasteiger partial charge in [0.15, 0.2) is 5.15 Å². The largest absolute Gasteiger partial charge is 0.469 e. The van der Waals surface area contributed by atoms with Crippen LogP contribution in [0.15, 0.2) is 0 Å². The van der Waals surface area contributed by atoms with Crippen molar-refractivity contribution >= 4 is 17.6 Å². The average Bonchev–Trinajstić information content (AvgIpc) is 2.65. The van der Waals surface area contributed by atoms with E-state index in [4.69, 9.17) is 16.3 Å². The van der Waals surface area contributed by atoms with E-state index in [1.54, 1.807) is 0 Å². The number of halogens is 1. The molecular formula is C11H15ClN2O2. The summed E-state index contributed by atoms with van der Waals surface area (Å²) in [6.07, 6.45) is 2.58. The lowest BCUT2D eigenvalue weighted by molar-refractivity contribution is -0.143. The van der Waals surface area contributed by atoms with E-state index >= 15 is 0 Å². The molecule has 0 aromatic carbocycles. The number of fused-ring (bicyclic) bond motifs is 1. The minimum atomic E-state index is -0.251. The Hall–Kier alpha value is -1.03. The number of hydrogen-bond donors (Lipinski definition) is 0. The first kappa shape index (κ1) is 11.5. The number of ether oxygens (including phenoxy) is 1. The van der Waals surface area contributed by atoms with E-state index in [2.05, 4.69) is 9.55 Å². The Bertz CT molecular complexity index is 414. The number of nitrogens with zero attached hydrogens (tertiary/aromatic N) is 2. The summed E-state index contributed by atoms with van der Waals surface area (Å²) in [6, 6.07) is 0. The molecular weight excluding hydrogens is 228 g/mol. The minimum absolute atomic E-state index is 0.217. The molecule has 0 fully saturated rings. The molecule has 16 heavy (non-hydrogen) atoms. The number of rotatable bonds is 2. The molecule has 4 nitrogen and oxygen atoms in total. The zero-order chi connectivity index (χ0) is 11.7. The Morgan fingerprint density at radius 3 is 3.06 bits per heavy atom. The normalized spacial score (nSPS) is 19.3. The van der Waals surface area contributed by atoms with Gasteiger partial charge in [-0.3, -0.25) is 4.79 Å². The number of methoxy groups -OCH3 is 1. The number of esters is 1. The van der Waals surface area contributed by atoms with E-state index in [9.17, 15) is 4.79 Å². The van der Waals surface area contributed by atoms with Gasteiger partial charge in [0, 0.05) is 13.0 Å². The zero-order valence-corrected chi connectivity index (χ0v) is 10.3. The standard InChI is InChI=1S/C11H15ClN2O2/c1-3-8-13-10(12)9-7(11(15)16-2)5-4-6-14(8)9/h7H,3-6H2,1-2H3. The molecule has 0 aliphatic carbocycles. The summed E-state index contributed by atoms with van der Waals surface area (Å²) in [5, 5.41) is 0.451. The van der Waals surface area contributed by atoms with Gasteiger partial charge in [0.2, 0.25) is 0 Å². The van der Waals surface area contributed by atoms with E-state index in [1.807, 2.05) is 6.92 Å². The van der Waals surface area contributed by atoms with Gasteiger partial charge in [0.25, 0.3) is 0 Å². The predicted octanol–water partition coefficient (Wildman–Crippen LogP) is 2.15. The Labute approximate surface area is 99.6 Å². The van der Waals surface area contributed by atoms with Crippen LogP contribution < -0.4 is 0 Å². The van der Waals surface area contributed by atoms with Gasteiger partial charge in [-0.05, 0) is 12.8 Å². The Morgan fingerprint density at radius 2 is 2.44 bits per heavy atom. The molecule has 0 spiro atoms. The maximum Gasteiger partial charge on any atom is 0.314 e. The molecule has 0 radical (unpaired) electrons. The van der Waals surface area contributed by atoms with E-state index in [0.717, 1.165) is 37.3 Å². The van der Waals surface area contributed by atoms with Gasteiger partial charge in [-0.1, -0.05) is 18.5 Å². The molecule has 0 bridgehead atoms. The molecule has 2 rings (SSSR count). The summed E-state index contributed by atoms with van der Waals surface area (Å²) in [4.78, 5) is 16.0. The highest BCUT2D eigenvalue weighted by atomic mass is 35.5. The molecule has 1 aliphatic rings. The molecule has 0 amide bonds. The quantitative estimate of drug-likeness (QED) is 0.747. The van der Waals surface area contributed by atoms with Gasteiger partial charge in [0.05, 0.1) is 12.8 Å². The van der Waals surface area contributed by atoms with E-state index in [1.165, 1.54) is 7.11 Å². The number of carbonyl (C=O) groups is 1. The van der Waals surface area contributed by atoms with Crippen molar-refractivity contribution in [2.75, 3.05) is 7.11 Å². The van der Waals surface area contributed by atoms with Crippen LogP contribution in [-0.4, -0.2) is 22.6 Å². The first-order chi connectivity index (χ1) is 7.69. The molecule has 1 aliphatic heterocycles. The molecule has 1 atom stereocenters. The fourth-order valence-electron chi connectivity index (χ4n) is 2.29. The van der Waals surface area contributed by atoms with Crippen LogP contribution in [0, 0.1) is 0 Å². The van der Waals surface area contributed by atoms with Crippen molar-refractivity contribution < 1.29 is 9.53 Å². The maximum atomic E-state index is 11.7. The molecule has 88 valence electrons. The van der Waals surface area contributed by atoms with Gasteiger partial charge in [-0.2, -0.15) is 0 Å². The van der Waals surface area contributed by atoms with Crippen molar-refractivity contribution in [2.45, 2.75) is 38.6 Å². The molecule has 0 N–H and O–H groups in total. The van der Waals surface area contributed by atoms with E-state index in [0.29, 0.717) is 5.15 Å².